The van der Waals surface area contributed by atoms with Crippen molar-refractivity contribution in [2.45, 2.75) is 24.0 Å². The molecule has 0 spiro atoms. The Morgan fingerprint density at radius 2 is 1.95 bits per heavy atom. The van der Waals surface area contributed by atoms with Crippen molar-refractivity contribution in [1.82, 2.24) is 9.97 Å². The smallest absolute Gasteiger partial charge is 0.259 e. The number of sulfone groups is 1. The molecule has 1 aromatic carbocycles. The second kappa shape index (κ2) is 5.66. The summed E-state index contributed by atoms with van der Waals surface area (Å²) in [6, 6.07) is 9.96. The lowest BCUT2D eigenvalue weighted by molar-refractivity contribution is 0.594. The summed E-state index contributed by atoms with van der Waals surface area (Å²) in [5.74, 6) is -0.146. The third-order valence-electron chi connectivity index (χ3n) is 3.28. The van der Waals surface area contributed by atoms with Gasteiger partial charge in [-0.05, 0) is 24.6 Å². The molecule has 5 nitrogen and oxygen atoms in total. The SMILES string of the molecule is CCc1cc2c(=O)[nH]c(CS(=O)(=O)c3ccccc3)nc2s1. The van der Waals surface area contributed by atoms with E-state index in [1.807, 2.05) is 6.92 Å². The van der Waals surface area contributed by atoms with Gasteiger partial charge in [0.1, 0.15) is 16.4 Å². The molecule has 0 bridgehead atoms. The van der Waals surface area contributed by atoms with Gasteiger partial charge < -0.3 is 4.98 Å². The molecule has 2 heterocycles. The van der Waals surface area contributed by atoms with E-state index in [1.165, 1.54) is 23.5 Å². The predicted molar refractivity (Wildman–Crippen MR) is 87.0 cm³/mol. The zero-order valence-electron chi connectivity index (χ0n) is 11.9. The molecule has 0 aliphatic heterocycles. The standard InChI is InChI=1S/C15H14N2O3S2/c1-2-10-8-12-14(18)16-13(17-15(12)21-10)9-22(19,20)11-6-4-3-5-7-11/h3-8H,2,9H2,1H3,(H,16,17,18). The lowest BCUT2D eigenvalue weighted by Gasteiger charge is -2.03. The number of hydrogen-bond donors (Lipinski definition) is 1. The van der Waals surface area contributed by atoms with Crippen LogP contribution in [0.5, 0.6) is 0 Å². The first kappa shape index (κ1) is 14.9. The molecule has 0 aliphatic carbocycles. The maximum absolute atomic E-state index is 12.4. The second-order valence-corrected chi connectivity index (χ2v) is 7.97. The number of benzene rings is 1. The number of aromatic nitrogens is 2. The van der Waals surface area contributed by atoms with Crippen molar-refractivity contribution in [2.24, 2.45) is 0 Å². The van der Waals surface area contributed by atoms with Crippen LogP contribution in [0.2, 0.25) is 0 Å². The van der Waals surface area contributed by atoms with Crippen LogP contribution in [0.25, 0.3) is 10.2 Å². The van der Waals surface area contributed by atoms with E-state index in [0.29, 0.717) is 10.2 Å². The first-order valence-corrected chi connectivity index (χ1v) is 9.26. The Bertz CT molecular complexity index is 973. The fraction of sp³-hybridized carbons (Fsp3) is 0.200. The fourth-order valence-corrected chi connectivity index (χ4v) is 4.38. The van der Waals surface area contributed by atoms with Gasteiger partial charge in [-0.3, -0.25) is 4.79 Å². The summed E-state index contributed by atoms with van der Waals surface area (Å²) in [6.07, 6.45) is 0.818. The normalized spacial score (nSPS) is 11.9. The Morgan fingerprint density at radius 3 is 2.64 bits per heavy atom. The summed E-state index contributed by atoms with van der Waals surface area (Å²) in [7, 11) is -3.53. The minimum absolute atomic E-state index is 0.172. The Labute approximate surface area is 131 Å². The van der Waals surface area contributed by atoms with Crippen LogP contribution in [0.1, 0.15) is 17.6 Å². The molecule has 114 valence electrons. The highest BCUT2D eigenvalue weighted by molar-refractivity contribution is 7.90. The van der Waals surface area contributed by atoms with Gasteiger partial charge in [0.05, 0.1) is 10.3 Å². The molecular weight excluding hydrogens is 320 g/mol. The van der Waals surface area contributed by atoms with Crippen molar-refractivity contribution >= 4 is 31.4 Å². The van der Waals surface area contributed by atoms with E-state index in [4.69, 9.17) is 0 Å². The van der Waals surface area contributed by atoms with Crippen LogP contribution < -0.4 is 5.56 Å². The molecule has 3 rings (SSSR count). The zero-order valence-corrected chi connectivity index (χ0v) is 13.5. The molecule has 0 saturated carbocycles. The van der Waals surface area contributed by atoms with Crippen molar-refractivity contribution in [1.29, 1.82) is 0 Å². The Hall–Kier alpha value is -1.99. The van der Waals surface area contributed by atoms with Gasteiger partial charge in [0.25, 0.3) is 5.56 Å². The fourth-order valence-electron chi connectivity index (χ4n) is 2.16. The van der Waals surface area contributed by atoms with Gasteiger partial charge in [0, 0.05) is 4.88 Å². The summed E-state index contributed by atoms with van der Waals surface area (Å²) in [4.78, 5) is 20.8. The van der Waals surface area contributed by atoms with E-state index in [1.54, 1.807) is 24.3 Å². The van der Waals surface area contributed by atoms with Crippen LogP contribution >= 0.6 is 11.3 Å². The number of rotatable bonds is 4. The van der Waals surface area contributed by atoms with E-state index in [9.17, 15) is 13.2 Å². The summed E-state index contributed by atoms with van der Waals surface area (Å²) in [5, 5.41) is 0.516. The third-order valence-corrected chi connectivity index (χ3v) is 6.10. The molecule has 7 heteroatoms. The zero-order chi connectivity index (χ0) is 15.7. The Balaban J connectivity index is 2.03. The van der Waals surface area contributed by atoms with Crippen molar-refractivity contribution in [3.8, 4) is 0 Å². The largest absolute Gasteiger partial charge is 0.309 e. The summed E-state index contributed by atoms with van der Waals surface area (Å²) in [5.41, 5.74) is -0.292. The van der Waals surface area contributed by atoms with Gasteiger partial charge >= 0.3 is 0 Å². The molecule has 0 atom stereocenters. The van der Waals surface area contributed by atoms with Crippen LogP contribution in [0.15, 0.2) is 46.1 Å². The maximum atomic E-state index is 12.4. The predicted octanol–water partition coefficient (Wildman–Crippen LogP) is 2.52. The number of nitrogens with zero attached hydrogens (tertiary/aromatic N) is 1. The Morgan fingerprint density at radius 1 is 1.23 bits per heavy atom. The van der Waals surface area contributed by atoms with E-state index < -0.39 is 9.84 Å². The molecule has 0 aliphatic rings. The van der Waals surface area contributed by atoms with E-state index in [2.05, 4.69) is 9.97 Å². The first-order chi connectivity index (χ1) is 10.5. The molecule has 0 fully saturated rings. The maximum Gasteiger partial charge on any atom is 0.259 e. The van der Waals surface area contributed by atoms with Gasteiger partial charge in [0.2, 0.25) is 0 Å². The number of aromatic amines is 1. The van der Waals surface area contributed by atoms with Gasteiger partial charge in [-0.1, -0.05) is 25.1 Å². The topological polar surface area (TPSA) is 79.9 Å². The lowest BCUT2D eigenvalue weighted by Crippen LogP contribution is -2.14. The number of hydrogen-bond acceptors (Lipinski definition) is 5. The van der Waals surface area contributed by atoms with Crippen molar-refractivity contribution in [3.05, 3.63) is 57.5 Å². The van der Waals surface area contributed by atoms with Crippen LogP contribution in [0.3, 0.4) is 0 Å². The van der Waals surface area contributed by atoms with E-state index in [0.717, 1.165) is 11.3 Å². The number of fused-ring (bicyclic) bond motifs is 1. The molecule has 1 N–H and O–H groups in total. The average Bonchev–Trinajstić information content (AvgIpc) is 2.91. The molecule has 0 unspecified atom stereocenters. The Kier molecular flexibility index (Phi) is 3.84. The van der Waals surface area contributed by atoms with E-state index >= 15 is 0 Å². The highest BCUT2D eigenvalue weighted by atomic mass is 32.2. The molecular formula is C15H14N2O3S2. The first-order valence-electron chi connectivity index (χ1n) is 6.79. The van der Waals surface area contributed by atoms with Crippen molar-refractivity contribution < 1.29 is 8.42 Å². The molecule has 0 amide bonds. The van der Waals surface area contributed by atoms with Crippen LogP contribution in [-0.4, -0.2) is 18.4 Å². The highest BCUT2D eigenvalue weighted by Crippen LogP contribution is 2.22. The molecule has 0 radical (unpaired) electrons. The highest BCUT2D eigenvalue weighted by Gasteiger charge is 2.18. The van der Waals surface area contributed by atoms with Crippen molar-refractivity contribution in [2.75, 3.05) is 0 Å². The van der Waals surface area contributed by atoms with Gasteiger partial charge in [0.15, 0.2) is 9.84 Å². The van der Waals surface area contributed by atoms with Gasteiger partial charge in [-0.25, -0.2) is 13.4 Å². The summed E-state index contributed by atoms with van der Waals surface area (Å²) >= 11 is 1.42. The monoisotopic (exact) mass is 334 g/mol. The summed E-state index contributed by atoms with van der Waals surface area (Å²) in [6.45, 7) is 2.00. The van der Waals surface area contributed by atoms with Gasteiger partial charge in [-0.2, -0.15) is 0 Å². The number of aryl methyl sites for hydroxylation is 1. The van der Waals surface area contributed by atoms with Crippen LogP contribution in [-0.2, 0) is 22.0 Å². The third kappa shape index (κ3) is 2.82. The minimum Gasteiger partial charge on any atom is -0.309 e. The number of H-pyrrole nitrogens is 1. The van der Waals surface area contributed by atoms with Crippen molar-refractivity contribution in [3.63, 3.8) is 0 Å². The molecule has 22 heavy (non-hydrogen) atoms. The van der Waals surface area contributed by atoms with Crippen LogP contribution in [0, 0.1) is 0 Å². The number of nitrogens with one attached hydrogen (secondary N) is 1. The van der Waals surface area contributed by atoms with Gasteiger partial charge in [-0.15, -0.1) is 11.3 Å². The minimum atomic E-state index is -3.53. The average molecular weight is 334 g/mol. The summed E-state index contributed by atoms with van der Waals surface area (Å²) < 4.78 is 24.7. The van der Waals surface area contributed by atoms with Crippen LogP contribution in [0.4, 0.5) is 0 Å². The second-order valence-electron chi connectivity index (χ2n) is 4.87. The quantitative estimate of drug-likeness (QED) is 0.795. The molecule has 0 saturated heterocycles. The van der Waals surface area contributed by atoms with E-state index in [-0.39, 0.29) is 22.0 Å². The molecule has 3 aromatic rings. The number of thiophene rings is 1. The lowest BCUT2D eigenvalue weighted by atomic mass is 10.3. The molecule has 2 aromatic heterocycles.